The lowest BCUT2D eigenvalue weighted by Gasteiger charge is -2.09. The summed E-state index contributed by atoms with van der Waals surface area (Å²) in [4.78, 5) is 15.1. The molecule has 1 amide bonds. The molecule has 0 heterocycles. The van der Waals surface area contributed by atoms with E-state index in [9.17, 15) is 4.79 Å². The van der Waals surface area contributed by atoms with Crippen LogP contribution in [0.3, 0.4) is 0 Å². The molecule has 6 nitrogen and oxygen atoms in total. The number of amides is 1. The van der Waals surface area contributed by atoms with E-state index in [4.69, 9.17) is 10.5 Å². The summed E-state index contributed by atoms with van der Waals surface area (Å²) < 4.78 is 5.56. The Hall–Kier alpha value is -1.51. The second kappa shape index (κ2) is 11.2. The van der Waals surface area contributed by atoms with Crippen molar-refractivity contribution in [3.63, 3.8) is 0 Å². The highest BCUT2D eigenvalue weighted by Gasteiger charge is 1.99. The molecule has 7 heteroatoms. The predicted molar refractivity (Wildman–Crippen MR) is 96.4 cm³/mol. The van der Waals surface area contributed by atoms with Crippen LogP contribution in [0.4, 0.5) is 5.69 Å². The molecular weight excluding hydrogens is 383 g/mol. The number of rotatable bonds is 7. The van der Waals surface area contributed by atoms with Crippen LogP contribution in [-0.2, 0) is 4.79 Å². The fraction of sp³-hybridized carbons (Fsp3) is 0.429. The van der Waals surface area contributed by atoms with E-state index in [-0.39, 0.29) is 29.9 Å². The summed E-state index contributed by atoms with van der Waals surface area (Å²) in [6, 6.07) is 7.24. The van der Waals surface area contributed by atoms with Gasteiger partial charge >= 0.3 is 0 Å². The normalized spacial score (nSPS) is 10.5. The molecule has 0 aliphatic rings. The molecule has 0 unspecified atom stereocenters. The molecule has 21 heavy (non-hydrogen) atoms. The number of aliphatic imine (C=N–C) groups is 1. The molecule has 4 N–H and O–H groups in total. The zero-order chi connectivity index (χ0) is 14.8. The molecule has 0 aliphatic carbocycles. The lowest BCUT2D eigenvalue weighted by molar-refractivity contribution is -0.114. The Kier molecular flexibility index (Phi) is 10.4. The number of benzene rings is 1. The average molecular weight is 406 g/mol. The minimum Gasteiger partial charge on any atom is -0.492 e. The first-order valence-corrected chi connectivity index (χ1v) is 6.66. The average Bonchev–Trinajstić information content (AvgIpc) is 2.41. The number of nitrogens with zero attached hydrogens (tertiary/aromatic N) is 1. The van der Waals surface area contributed by atoms with Gasteiger partial charge < -0.3 is 21.1 Å². The van der Waals surface area contributed by atoms with E-state index >= 15 is 0 Å². The summed E-state index contributed by atoms with van der Waals surface area (Å²) in [7, 11) is 0. The van der Waals surface area contributed by atoms with Crippen molar-refractivity contribution in [2.75, 3.05) is 25.0 Å². The van der Waals surface area contributed by atoms with Gasteiger partial charge in [-0.25, -0.2) is 0 Å². The summed E-state index contributed by atoms with van der Waals surface area (Å²) in [5, 5.41) is 5.67. The Balaban J connectivity index is 0.00000400. The Morgan fingerprint density at radius 2 is 2.19 bits per heavy atom. The highest BCUT2D eigenvalue weighted by Crippen LogP contribution is 2.16. The molecule has 118 valence electrons. The number of nitrogens with one attached hydrogen (secondary N) is 2. The second-order valence-electron chi connectivity index (χ2n) is 4.25. The minimum absolute atomic E-state index is 0. The topological polar surface area (TPSA) is 88.7 Å². The zero-order valence-electron chi connectivity index (χ0n) is 12.4. The Labute approximate surface area is 142 Å². The fourth-order valence-corrected chi connectivity index (χ4v) is 1.50. The number of guanidine groups is 1. The fourth-order valence-electron chi connectivity index (χ4n) is 1.50. The molecule has 0 aliphatic heterocycles. The van der Waals surface area contributed by atoms with Crippen molar-refractivity contribution in [3.05, 3.63) is 24.3 Å². The highest BCUT2D eigenvalue weighted by atomic mass is 127. The van der Waals surface area contributed by atoms with Crippen molar-refractivity contribution >= 4 is 41.5 Å². The molecular formula is C14H23IN4O2. The summed E-state index contributed by atoms with van der Waals surface area (Å²) >= 11 is 0. The van der Waals surface area contributed by atoms with Crippen LogP contribution in [0, 0.1) is 0 Å². The van der Waals surface area contributed by atoms with E-state index in [1.807, 2.05) is 25.1 Å². The van der Waals surface area contributed by atoms with E-state index in [0.717, 1.165) is 13.0 Å². The molecule has 1 aromatic carbocycles. The lowest BCUT2D eigenvalue weighted by atomic mass is 10.3. The van der Waals surface area contributed by atoms with E-state index < -0.39 is 0 Å². The van der Waals surface area contributed by atoms with Crippen LogP contribution < -0.4 is 21.1 Å². The largest absolute Gasteiger partial charge is 0.492 e. The van der Waals surface area contributed by atoms with Gasteiger partial charge in [0.25, 0.3) is 0 Å². The van der Waals surface area contributed by atoms with E-state index in [1.54, 1.807) is 6.07 Å². The van der Waals surface area contributed by atoms with Crippen LogP contribution in [0.5, 0.6) is 5.75 Å². The van der Waals surface area contributed by atoms with Crippen molar-refractivity contribution in [1.29, 1.82) is 0 Å². The number of nitrogens with two attached hydrogens (primary N) is 1. The van der Waals surface area contributed by atoms with Crippen LogP contribution >= 0.6 is 24.0 Å². The van der Waals surface area contributed by atoms with Gasteiger partial charge in [0.2, 0.25) is 5.91 Å². The molecule has 0 fully saturated rings. The SMILES string of the molecule is CCCN=C(N)NCCOc1cccc(NC(C)=O)c1.I. The molecule has 0 saturated heterocycles. The van der Waals surface area contributed by atoms with Crippen molar-refractivity contribution < 1.29 is 9.53 Å². The zero-order valence-corrected chi connectivity index (χ0v) is 14.7. The Bertz CT molecular complexity index is 466. The third-order valence-corrected chi connectivity index (χ3v) is 2.34. The van der Waals surface area contributed by atoms with Crippen molar-refractivity contribution in [3.8, 4) is 5.75 Å². The third kappa shape index (κ3) is 9.11. The summed E-state index contributed by atoms with van der Waals surface area (Å²) in [5.74, 6) is 1.02. The summed E-state index contributed by atoms with van der Waals surface area (Å²) in [5.41, 5.74) is 6.37. The van der Waals surface area contributed by atoms with E-state index in [2.05, 4.69) is 15.6 Å². The number of halogens is 1. The second-order valence-corrected chi connectivity index (χ2v) is 4.25. The number of ether oxygens (including phenoxy) is 1. The van der Waals surface area contributed by atoms with Crippen LogP contribution in [0.25, 0.3) is 0 Å². The first-order chi connectivity index (χ1) is 9.61. The van der Waals surface area contributed by atoms with Gasteiger partial charge in [-0.2, -0.15) is 0 Å². The Morgan fingerprint density at radius 3 is 2.86 bits per heavy atom. The van der Waals surface area contributed by atoms with Gasteiger partial charge in [-0.1, -0.05) is 13.0 Å². The van der Waals surface area contributed by atoms with E-state index in [1.165, 1.54) is 6.92 Å². The number of carbonyl (C=O) groups is 1. The maximum absolute atomic E-state index is 11.0. The predicted octanol–water partition coefficient (Wildman–Crippen LogP) is 1.96. The monoisotopic (exact) mass is 406 g/mol. The molecule has 1 rings (SSSR count). The van der Waals surface area contributed by atoms with Gasteiger partial charge in [0.15, 0.2) is 5.96 Å². The molecule has 0 saturated carbocycles. The smallest absolute Gasteiger partial charge is 0.221 e. The van der Waals surface area contributed by atoms with Crippen LogP contribution in [0.15, 0.2) is 29.3 Å². The molecule has 0 bridgehead atoms. The van der Waals surface area contributed by atoms with Gasteiger partial charge in [-0.15, -0.1) is 24.0 Å². The molecule has 0 atom stereocenters. The molecule has 0 spiro atoms. The highest BCUT2D eigenvalue weighted by molar-refractivity contribution is 14.0. The van der Waals surface area contributed by atoms with Crippen LogP contribution in [0.1, 0.15) is 20.3 Å². The first-order valence-electron chi connectivity index (χ1n) is 6.66. The Morgan fingerprint density at radius 1 is 1.43 bits per heavy atom. The standard InChI is InChI=1S/C14H22N4O2.HI/c1-3-7-16-14(15)17-8-9-20-13-6-4-5-12(10-13)18-11(2)19;/h4-6,10H,3,7-9H2,1-2H3,(H,18,19)(H3,15,16,17);1H. The van der Waals surface area contributed by atoms with Crippen molar-refractivity contribution in [2.45, 2.75) is 20.3 Å². The third-order valence-electron chi connectivity index (χ3n) is 2.34. The van der Waals surface area contributed by atoms with Gasteiger partial charge in [0.05, 0.1) is 6.54 Å². The quantitative estimate of drug-likeness (QED) is 0.280. The van der Waals surface area contributed by atoms with Crippen molar-refractivity contribution in [2.24, 2.45) is 10.7 Å². The number of carbonyl (C=O) groups excluding carboxylic acids is 1. The van der Waals surface area contributed by atoms with E-state index in [0.29, 0.717) is 30.5 Å². The maximum Gasteiger partial charge on any atom is 0.221 e. The minimum atomic E-state index is -0.108. The van der Waals surface area contributed by atoms with Gasteiger partial charge in [-0.05, 0) is 18.6 Å². The number of anilines is 1. The van der Waals surface area contributed by atoms with Crippen molar-refractivity contribution in [1.82, 2.24) is 5.32 Å². The number of hydrogen-bond donors (Lipinski definition) is 3. The van der Waals surface area contributed by atoms with Crippen LogP contribution in [0.2, 0.25) is 0 Å². The van der Waals surface area contributed by atoms with Gasteiger partial charge in [0, 0.05) is 25.2 Å². The summed E-state index contributed by atoms with van der Waals surface area (Å²) in [6.07, 6.45) is 0.967. The maximum atomic E-state index is 11.0. The summed E-state index contributed by atoms with van der Waals surface area (Å²) in [6.45, 7) is 5.27. The van der Waals surface area contributed by atoms with Gasteiger partial charge in [0.1, 0.15) is 12.4 Å². The van der Waals surface area contributed by atoms with Crippen LogP contribution in [-0.4, -0.2) is 31.6 Å². The number of hydrogen-bond acceptors (Lipinski definition) is 3. The molecule has 1 aromatic rings. The first kappa shape index (κ1) is 19.5. The lowest BCUT2D eigenvalue weighted by Crippen LogP contribution is -2.34. The van der Waals surface area contributed by atoms with Gasteiger partial charge in [-0.3, -0.25) is 9.79 Å². The molecule has 0 aromatic heterocycles. The molecule has 0 radical (unpaired) electrons.